The van der Waals surface area contributed by atoms with Crippen LogP contribution in [0.5, 0.6) is 5.75 Å². The van der Waals surface area contributed by atoms with E-state index < -0.39 is 0 Å². The number of hydrogen-bond donors (Lipinski definition) is 0. The summed E-state index contributed by atoms with van der Waals surface area (Å²) in [4.78, 5) is 0. The summed E-state index contributed by atoms with van der Waals surface area (Å²) >= 11 is 0. The number of benzene rings is 2. The zero-order valence-corrected chi connectivity index (χ0v) is 21.1. The van der Waals surface area contributed by atoms with Gasteiger partial charge in [-0.25, -0.2) is 4.39 Å². The Kier molecular flexibility index (Phi) is 11.3. The molecule has 1 fully saturated rings. The number of hydrogen-bond acceptors (Lipinski definition) is 1. The molecule has 182 valence electrons. The standard InChI is InChI=1S/C31H45FO/c1-3-5-7-8-10-12-25-13-15-27(16-14-25)24-33-31-22-21-29(23-30(31)32)28-19-17-26(18-20-28)11-9-6-4-2/h17-23,25,27H,3-16,24H2,1-2H3. The second-order valence-electron chi connectivity index (χ2n) is 10.2. The molecule has 1 aliphatic carbocycles. The Hall–Kier alpha value is -1.83. The van der Waals surface area contributed by atoms with Gasteiger partial charge in [-0.15, -0.1) is 0 Å². The van der Waals surface area contributed by atoms with Crippen LogP contribution in [0, 0.1) is 17.7 Å². The van der Waals surface area contributed by atoms with Crippen LogP contribution in [0.4, 0.5) is 4.39 Å². The van der Waals surface area contributed by atoms with E-state index in [0.29, 0.717) is 18.3 Å². The van der Waals surface area contributed by atoms with Crippen LogP contribution in [-0.2, 0) is 6.42 Å². The minimum Gasteiger partial charge on any atom is -0.490 e. The molecule has 0 heterocycles. The lowest BCUT2D eigenvalue weighted by Gasteiger charge is -2.28. The molecule has 0 spiro atoms. The van der Waals surface area contributed by atoms with Gasteiger partial charge in [0.25, 0.3) is 0 Å². The van der Waals surface area contributed by atoms with Crippen molar-refractivity contribution in [3.63, 3.8) is 0 Å². The van der Waals surface area contributed by atoms with Crippen molar-refractivity contribution in [3.8, 4) is 16.9 Å². The van der Waals surface area contributed by atoms with Crippen LogP contribution in [-0.4, -0.2) is 6.61 Å². The van der Waals surface area contributed by atoms with Crippen LogP contribution >= 0.6 is 0 Å². The fourth-order valence-corrected chi connectivity index (χ4v) is 5.17. The number of aryl methyl sites for hydroxylation is 1. The summed E-state index contributed by atoms with van der Waals surface area (Å²) in [6.45, 7) is 5.15. The highest BCUT2D eigenvalue weighted by Gasteiger charge is 2.21. The summed E-state index contributed by atoms with van der Waals surface area (Å²) in [7, 11) is 0. The van der Waals surface area contributed by atoms with E-state index in [4.69, 9.17) is 4.74 Å². The van der Waals surface area contributed by atoms with Gasteiger partial charge in [-0.1, -0.05) is 108 Å². The fourth-order valence-electron chi connectivity index (χ4n) is 5.17. The molecule has 1 nitrogen and oxygen atoms in total. The Morgan fingerprint density at radius 1 is 0.727 bits per heavy atom. The highest BCUT2D eigenvalue weighted by molar-refractivity contribution is 5.64. The van der Waals surface area contributed by atoms with E-state index >= 15 is 0 Å². The van der Waals surface area contributed by atoms with Crippen molar-refractivity contribution in [1.29, 1.82) is 0 Å². The van der Waals surface area contributed by atoms with Gasteiger partial charge in [0.05, 0.1) is 6.61 Å². The predicted molar refractivity (Wildman–Crippen MR) is 139 cm³/mol. The first-order valence-electron chi connectivity index (χ1n) is 13.7. The minimum atomic E-state index is -0.250. The number of ether oxygens (including phenoxy) is 1. The average molecular weight is 453 g/mol. The molecule has 0 atom stereocenters. The van der Waals surface area contributed by atoms with Crippen LogP contribution in [0.1, 0.15) is 103 Å². The largest absolute Gasteiger partial charge is 0.490 e. The van der Waals surface area contributed by atoms with Gasteiger partial charge in [-0.05, 0) is 66.3 Å². The number of halogens is 1. The van der Waals surface area contributed by atoms with E-state index in [2.05, 4.69) is 38.1 Å². The topological polar surface area (TPSA) is 9.23 Å². The van der Waals surface area contributed by atoms with E-state index in [0.717, 1.165) is 23.5 Å². The van der Waals surface area contributed by atoms with Crippen molar-refractivity contribution in [2.45, 2.75) is 104 Å². The summed E-state index contributed by atoms with van der Waals surface area (Å²) in [6, 6.07) is 14.0. The number of rotatable bonds is 14. The van der Waals surface area contributed by atoms with E-state index in [9.17, 15) is 4.39 Å². The number of unbranched alkanes of at least 4 members (excludes halogenated alkanes) is 6. The van der Waals surface area contributed by atoms with Crippen molar-refractivity contribution in [2.24, 2.45) is 11.8 Å². The first-order valence-corrected chi connectivity index (χ1v) is 13.7. The smallest absolute Gasteiger partial charge is 0.165 e. The Balaban J connectivity index is 1.41. The minimum absolute atomic E-state index is 0.250. The Morgan fingerprint density at radius 2 is 1.36 bits per heavy atom. The van der Waals surface area contributed by atoms with Crippen LogP contribution in [0.15, 0.2) is 42.5 Å². The summed E-state index contributed by atoms with van der Waals surface area (Å²) < 4.78 is 20.7. The average Bonchev–Trinajstić information content (AvgIpc) is 2.84. The van der Waals surface area contributed by atoms with Gasteiger partial charge in [-0.2, -0.15) is 0 Å². The fraction of sp³-hybridized carbons (Fsp3) is 0.613. The van der Waals surface area contributed by atoms with Crippen molar-refractivity contribution in [2.75, 3.05) is 6.61 Å². The molecule has 2 aromatic carbocycles. The summed E-state index contributed by atoms with van der Waals surface area (Å²) in [5.74, 6) is 1.62. The lowest BCUT2D eigenvalue weighted by molar-refractivity contribution is 0.173. The maximum absolute atomic E-state index is 14.7. The van der Waals surface area contributed by atoms with E-state index in [1.54, 1.807) is 6.07 Å². The van der Waals surface area contributed by atoms with Gasteiger partial charge >= 0.3 is 0 Å². The third-order valence-corrected chi connectivity index (χ3v) is 7.44. The summed E-state index contributed by atoms with van der Waals surface area (Å²) in [5, 5.41) is 0. The van der Waals surface area contributed by atoms with Crippen LogP contribution in [0.3, 0.4) is 0 Å². The maximum atomic E-state index is 14.7. The van der Waals surface area contributed by atoms with Gasteiger partial charge in [0, 0.05) is 0 Å². The summed E-state index contributed by atoms with van der Waals surface area (Å²) in [6.07, 6.45) is 18.2. The van der Waals surface area contributed by atoms with Crippen molar-refractivity contribution in [1.82, 2.24) is 0 Å². The van der Waals surface area contributed by atoms with Crippen LogP contribution in [0.25, 0.3) is 11.1 Å². The molecule has 3 rings (SSSR count). The molecule has 0 bridgehead atoms. The maximum Gasteiger partial charge on any atom is 0.165 e. The van der Waals surface area contributed by atoms with Gasteiger partial charge in [-0.3, -0.25) is 0 Å². The molecular formula is C31H45FO. The molecule has 0 unspecified atom stereocenters. The lowest BCUT2D eigenvalue weighted by Crippen LogP contribution is -2.20. The molecule has 33 heavy (non-hydrogen) atoms. The monoisotopic (exact) mass is 452 g/mol. The van der Waals surface area contributed by atoms with Gasteiger partial charge in [0.2, 0.25) is 0 Å². The molecule has 0 saturated heterocycles. The molecule has 1 aliphatic rings. The van der Waals surface area contributed by atoms with E-state index in [1.807, 2.05) is 12.1 Å². The third kappa shape index (κ3) is 8.80. The first-order chi connectivity index (χ1) is 16.2. The van der Waals surface area contributed by atoms with Gasteiger partial charge in [0.1, 0.15) is 0 Å². The highest BCUT2D eigenvalue weighted by Crippen LogP contribution is 2.33. The second-order valence-corrected chi connectivity index (χ2v) is 10.2. The zero-order valence-electron chi connectivity index (χ0n) is 21.1. The molecule has 2 heteroatoms. The quantitative estimate of drug-likeness (QED) is 0.259. The molecule has 1 saturated carbocycles. The van der Waals surface area contributed by atoms with Crippen LogP contribution < -0.4 is 4.74 Å². The Morgan fingerprint density at radius 3 is 2.06 bits per heavy atom. The highest BCUT2D eigenvalue weighted by atomic mass is 19.1. The summed E-state index contributed by atoms with van der Waals surface area (Å²) in [5.41, 5.74) is 3.34. The van der Waals surface area contributed by atoms with E-state index in [-0.39, 0.29) is 5.82 Å². The molecule has 0 aromatic heterocycles. The first kappa shape index (κ1) is 25.8. The van der Waals surface area contributed by atoms with E-state index in [1.165, 1.54) is 89.0 Å². The normalized spacial score (nSPS) is 18.4. The SMILES string of the molecule is CCCCCCCC1CCC(COc2ccc(-c3ccc(CCCCC)cc3)cc2F)CC1. The van der Waals surface area contributed by atoms with Crippen molar-refractivity contribution in [3.05, 3.63) is 53.8 Å². The zero-order chi connectivity index (χ0) is 23.3. The van der Waals surface area contributed by atoms with Gasteiger partial charge in [0.15, 0.2) is 11.6 Å². The molecular weight excluding hydrogens is 407 g/mol. The Labute approximate surface area is 202 Å². The molecule has 0 amide bonds. The third-order valence-electron chi connectivity index (χ3n) is 7.44. The van der Waals surface area contributed by atoms with Crippen molar-refractivity contribution >= 4 is 0 Å². The predicted octanol–water partition coefficient (Wildman–Crippen LogP) is 9.77. The molecule has 0 radical (unpaired) electrons. The van der Waals surface area contributed by atoms with Gasteiger partial charge < -0.3 is 4.74 Å². The lowest BCUT2D eigenvalue weighted by atomic mass is 9.80. The van der Waals surface area contributed by atoms with Crippen molar-refractivity contribution < 1.29 is 9.13 Å². The molecule has 0 aliphatic heterocycles. The molecule has 0 N–H and O–H groups in total. The van der Waals surface area contributed by atoms with Crippen LogP contribution in [0.2, 0.25) is 0 Å². The second kappa shape index (κ2) is 14.4. The Bertz CT molecular complexity index is 789. The molecule has 2 aromatic rings.